The Labute approximate surface area is 170 Å². The summed E-state index contributed by atoms with van der Waals surface area (Å²) >= 11 is 6.83. The standard InChI is InChI=1S/C20H16F2N2O2S2/c1-13-4-2-10-24(12-13)17(18(25)16-5-3-11-28-16)19(27)23-14-6-8-15(9-7-14)26-20(21)22/h2-12,20H,1H3,(H-,23,25,27). The second-order valence-corrected chi connectivity index (χ2v) is 7.16. The first kappa shape index (κ1) is 19.9. The van der Waals surface area contributed by atoms with Crippen LogP contribution >= 0.6 is 23.6 Å². The van der Waals surface area contributed by atoms with Crippen molar-refractivity contribution in [3.05, 3.63) is 76.7 Å². The maximum absolute atomic E-state index is 13.0. The third-order valence-electron chi connectivity index (χ3n) is 3.72. The fourth-order valence-corrected chi connectivity index (χ4v) is 3.48. The molecular formula is C20H16F2N2O2S2. The van der Waals surface area contributed by atoms with E-state index in [2.05, 4.69) is 10.1 Å². The highest BCUT2D eigenvalue weighted by Crippen LogP contribution is 2.22. The van der Waals surface area contributed by atoms with Gasteiger partial charge in [-0.3, -0.25) is 0 Å². The molecule has 0 fully saturated rings. The molecule has 1 aromatic carbocycles. The Balaban J connectivity index is 1.92. The summed E-state index contributed by atoms with van der Waals surface area (Å²) in [5.74, 6) is -0.167. The third kappa shape index (κ3) is 4.90. The number of hydrogen-bond donors (Lipinski definition) is 1. The molecule has 0 unspecified atom stereocenters. The number of aryl methyl sites for hydroxylation is 1. The number of pyridine rings is 1. The van der Waals surface area contributed by atoms with E-state index in [9.17, 15) is 13.9 Å². The predicted octanol–water partition coefficient (Wildman–Crippen LogP) is 4.07. The molecule has 1 N–H and O–H groups in total. The van der Waals surface area contributed by atoms with Crippen molar-refractivity contribution in [3.8, 4) is 5.75 Å². The number of thiophene rings is 1. The van der Waals surface area contributed by atoms with Crippen molar-refractivity contribution < 1.29 is 23.2 Å². The molecule has 0 aliphatic carbocycles. The summed E-state index contributed by atoms with van der Waals surface area (Å²) in [5.41, 5.74) is 1.82. The third-order valence-corrected chi connectivity index (χ3v) is 4.88. The highest BCUT2D eigenvalue weighted by Gasteiger charge is 2.19. The van der Waals surface area contributed by atoms with E-state index in [1.54, 1.807) is 35.0 Å². The summed E-state index contributed by atoms with van der Waals surface area (Å²) < 4.78 is 30.6. The number of halogens is 2. The van der Waals surface area contributed by atoms with E-state index in [-0.39, 0.29) is 16.5 Å². The monoisotopic (exact) mass is 418 g/mol. The summed E-state index contributed by atoms with van der Waals surface area (Å²) in [6.45, 7) is -0.969. The van der Waals surface area contributed by atoms with Crippen molar-refractivity contribution in [2.24, 2.45) is 0 Å². The van der Waals surface area contributed by atoms with Crippen LogP contribution in [0.5, 0.6) is 5.75 Å². The highest BCUT2D eigenvalue weighted by molar-refractivity contribution is 7.81. The van der Waals surface area contributed by atoms with Crippen molar-refractivity contribution in [3.63, 3.8) is 0 Å². The van der Waals surface area contributed by atoms with Crippen LogP contribution in [0.2, 0.25) is 0 Å². The lowest BCUT2D eigenvalue weighted by molar-refractivity contribution is -0.578. The number of aromatic nitrogens is 1. The molecule has 2 heterocycles. The van der Waals surface area contributed by atoms with Gasteiger partial charge in [-0.1, -0.05) is 18.3 Å². The molecule has 2 aromatic heterocycles. The molecule has 0 spiro atoms. The SMILES string of the molecule is Cc1ccc[n+](C(C(=S)Nc2ccc(OC(F)F)cc2)=C([O-])c2cccs2)c1. The summed E-state index contributed by atoms with van der Waals surface area (Å²) in [4.78, 5) is 0.783. The number of ether oxygens (including phenoxy) is 1. The first-order chi connectivity index (χ1) is 13.4. The minimum absolute atomic E-state index is 0.0402. The van der Waals surface area contributed by atoms with Crippen molar-refractivity contribution in [1.29, 1.82) is 0 Å². The molecule has 0 atom stereocenters. The molecule has 4 nitrogen and oxygen atoms in total. The lowest BCUT2D eigenvalue weighted by Gasteiger charge is -2.16. The van der Waals surface area contributed by atoms with Gasteiger partial charge in [0, 0.05) is 22.2 Å². The van der Waals surface area contributed by atoms with E-state index >= 15 is 0 Å². The van der Waals surface area contributed by atoms with Crippen molar-refractivity contribution in [2.75, 3.05) is 5.32 Å². The Morgan fingerprint density at radius 2 is 1.93 bits per heavy atom. The van der Waals surface area contributed by atoms with Crippen LogP contribution in [0.15, 0.2) is 66.3 Å². The van der Waals surface area contributed by atoms with Crippen molar-refractivity contribution in [1.82, 2.24) is 0 Å². The molecule has 3 aromatic rings. The zero-order valence-corrected chi connectivity index (χ0v) is 16.4. The summed E-state index contributed by atoms with van der Waals surface area (Å²) in [6.07, 6.45) is 3.57. The Morgan fingerprint density at radius 1 is 1.18 bits per heavy atom. The Morgan fingerprint density at radius 3 is 2.54 bits per heavy atom. The fourth-order valence-electron chi connectivity index (χ4n) is 2.50. The van der Waals surface area contributed by atoms with Gasteiger partial charge in [0.1, 0.15) is 5.75 Å². The Kier molecular flexibility index (Phi) is 6.33. The van der Waals surface area contributed by atoms with Crippen molar-refractivity contribution in [2.45, 2.75) is 13.5 Å². The van der Waals surface area contributed by atoms with Crippen LogP contribution in [0.1, 0.15) is 10.4 Å². The summed E-state index contributed by atoms with van der Waals surface area (Å²) in [5, 5.41) is 17.9. The quantitative estimate of drug-likeness (QED) is 0.284. The second-order valence-electron chi connectivity index (χ2n) is 5.80. The highest BCUT2D eigenvalue weighted by atomic mass is 32.1. The number of hydrogen-bond acceptors (Lipinski definition) is 4. The molecule has 28 heavy (non-hydrogen) atoms. The van der Waals surface area contributed by atoms with Crippen LogP contribution in [0.3, 0.4) is 0 Å². The zero-order chi connectivity index (χ0) is 20.1. The van der Waals surface area contributed by atoms with E-state index in [0.717, 1.165) is 5.56 Å². The van der Waals surface area contributed by atoms with Gasteiger partial charge in [-0.05, 0) is 54.5 Å². The van der Waals surface area contributed by atoms with Crippen LogP contribution in [-0.4, -0.2) is 11.6 Å². The summed E-state index contributed by atoms with van der Waals surface area (Å²) in [7, 11) is 0. The average molecular weight is 418 g/mol. The van der Waals surface area contributed by atoms with Crippen LogP contribution in [0.4, 0.5) is 14.5 Å². The molecule has 144 valence electrons. The van der Waals surface area contributed by atoms with Gasteiger partial charge in [0.25, 0.3) is 0 Å². The van der Waals surface area contributed by atoms with E-state index in [1.807, 2.05) is 30.6 Å². The van der Waals surface area contributed by atoms with Gasteiger partial charge in [0.2, 0.25) is 5.70 Å². The van der Waals surface area contributed by atoms with E-state index in [1.165, 1.54) is 23.5 Å². The fraction of sp³-hybridized carbons (Fsp3) is 0.100. The maximum Gasteiger partial charge on any atom is 0.387 e. The van der Waals surface area contributed by atoms with Crippen LogP contribution in [0, 0.1) is 6.92 Å². The smallest absolute Gasteiger partial charge is 0.387 e. The molecule has 3 rings (SSSR count). The van der Waals surface area contributed by atoms with E-state index in [4.69, 9.17) is 12.2 Å². The van der Waals surface area contributed by atoms with Crippen LogP contribution in [0.25, 0.3) is 11.5 Å². The van der Waals surface area contributed by atoms with Gasteiger partial charge in [-0.15, -0.1) is 11.3 Å². The molecule has 0 saturated carbocycles. The number of rotatable bonds is 6. The minimum Gasteiger partial charge on any atom is -0.867 e. The Bertz CT molecular complexity index is 988. The first-order valence-electron chi connectivity index (χ1n) is 8.24. The molecule has 0 bridgehead atoms. The maximum atomic E-state index is 13.0. The zero-order valence-electron chi connectivity index (χ0n) is 14.8. The molecule has 0 saturated heterocycles. The lowest BCUT2D eigenvalue weighted by Crippen LogP contribution is -2.40. The topological polar surface area (TPSA) is 48.2 Å². The van der Waals surface area contributed by atoms with Gasteiger partial charge >= 0.3 is 6.61 Å². The van der Waals surface area contributed by atoms with Crippen molar-refractivity contribution >= 4 is 45.7 Å². The lowest BCUT2D eigenvalue weighted by atomic mass is 10.2. The molecule has 0 aliphatic rings. The molecule has 0 radical (unpaired) electrons. The summed E-state index contributed by atoms with van der Waals surface area (Å²) in [6, 6.07) is 13.2. The average Bonchev–Trinajstić information content (AvgIpc) is 3.18. The number of alkyl halides is 2. The van der Waals surface area contributed by atoms with Gasteiger partial charge in [0.05, 0.1) is 0 Å². The number of nitrogens with zero attached hydrogens (tertiary/aromatic N) is 1. The Hall–Kier alpha value is -2.84. The minimum atomic E-state index is -2.89. The van der Waals surface area contributed by atoms with E-state index in [0.29, 0.717) is 16.3 Å². The number of nitrogens with one attached hydrogen (secondary N) is 1. The first-order valence-corrected chi connectivity index (χ1v) is 9.52. The van der Waals surface area contributed by atoms with Gasteiger partial charge in [-0.2, -0.15) is 13.3 Å². The normalized spacial score (nSPS) is 11.9. The molecular weight excluding hydrogens is 402 g/mol. The largest absolute Gasteiger partial charge is 0.867 e. The van der Waals surface area contributed by atoms with Crippen LogP contribution in [-0.2, 0) is 0 Å². The van der Waals surface area contributed by atoms with Gasteiger partial charge < -0.3 is 15.2 Å². The second kappa shape index (κ2) is 8.90. The van der Waals surface area contributed by atoms with Crippen LogP contribution < -0.4 is 19.7 Å². The molecule has 0 aliphatic heterocycles. The predicted molar refractivity (Wildman–Crippen MR) is 108 cm³/mol. The number of benzene rings is 1. The van der Waals surface area contributed by atoms with Gasteiger partial charge in [0.15, 0.2) is 17.4 Å². The molecule has 0 amide bonds. The number of thiocarbonyl (C=S) groups is 1. The van der Waals surface area contributed by atoms with Gasteiger partial charge in [-0.25, -0.2) is 0 Å². The van der Waals surface area contributed by atoms with E-state index < -0.39 is 6.61 Å². The number of anilines is 1. The molecule has 8 heteroatoms.